The van der Waals surface area contributed by atoms with E-state index in [1.54, 1.807) is 29.2 Å². The van der Waals surface area contributed by atoms with Gasteiger partial charge in [-0.25, -0.2) is 14.6 Å². The first-order chi connectivity index (χ1) is 21.5. The van der Waals surface area contributed by atoms with E-state index in [0.717, 1.165) is 41.2 Å². The standard InChI is InChI=1S/C33H29BrN8O2/c1-2-3-17-41-31-25(12-13-36-37-31)30(38-41)29-28(32(43)42(33(29)44)23-8-5-4-6-9-23)26-20-40(16-7-15-39-18-14-35-21-39)27-19-22(34)10-11-24(26)27/h4-6,8-14,18-21H,2-3,7,15-17H2,1H3. The van der Waals surface area contributed by atoms with Crippen LogP contribution in [0.3, 0.4) is 0 Å². The molecule has 6 aromatic rings. The lowest BCUT2D eigenvalue weighted by molar-refractivity contribution is -0.119. The smallest absolute Gasteiger partial charge is 0.268 e. The number of carbonyl (C=O) groups is 2. The second kappa shape index (κ2) is 11.6. The van der Waals surface area contributed by atoms with Gasteiger partial charge in [-0.05, 0) is 43.2 Å². The summed E-state index contributed by atoms with van der Waals surface area (Å²) in [6.45, 7) is 4.25. The van der Waals surface area contributed by atoms with Crippen molar-refractivity contribution in [3.63, 3.8) is 0 Å². The van der Waals surface area contributed by atoms with Crippen LogP contribution in [0.1, 0.15) is 37.4 Å². The molecule has 0 spiro atoms. The zero-order valence-electron chi connectivity index (χ0n) is 24.1. The van der Waals surface area contributed by atoms with Crippen LogP contribution in [0.2, 0.25) is 0 Å². The number of fused-ring (bicyclic) bond motifs is 2. The number of hydrogen-bond donors (Lipinski definition) is 0. The summed E-state index contributed by atoms with van der Waals surface area (Å²) in [5.74, 6) is -0.789. The monoisotopic (exact) mass is 648 g/mol. The average molecular weight is 650 g/mol. The number of aromatic nitrogens is 7. The maximum atomic E-state index is 14.5. The van der Waals surface area contributed by atoms with Gasteiger partial charge in [0.25, 0.3) is 11.8 Å². The van der Waals surface area contributed by atoms with E-state index in [4.69, 9.17) is 5.10 Å². The topological polar surface area (TPSA) is 104 Å². The molecule has 1 aliphatic heterocycles. The van der Waals surface area contributed by atoms with Crippen LogP contribution >= 0.6 is 15.9 Å². The fraction of sp³-hybridized carbons (Fsp3) is 0.212. The Hall–Kier alpha value is -4.90. The van der Waals surface area contributed by atoms with Crippen LogP contribution in [0, 0.1) is 0 Å². The van der Waals surface area contributed by atoms with Gasteiger partial charge in [0.05, 0.1) is 34.7 Å². The van der Waals surface area contributed by atoms with Gasteiger partial charge in [-0.2, -0.15) is 10.2 Å². The molecule has 0 bridgehead atoms. The predicted molar refractivity (Wildman–Crippen MR) is 172 cm³/mol. The quantitative estimate of drug-likeness (QED) is 0.166. The van der Waals surface area contributed by atoms with Crippen molar-refractivity contribution < 1.29 is 9.59 Å². The molecule has 0 saturated heterocycles. The predicted octanol–water partition coefficient (Wildman–Crippen LogP) is 6.11. The molecule has 0 aliphatic carbocycles. The highest BCUT2D eigenvalue weighted by molar-refractivity contribution is 9.10. The van der Waals surface area contributed by atoms with E-state index in [-0.39, 0.29) is 11.5 Å². The summed E-state index contributed by atoms with van der Waals surface area (Å²) in [7, 11) is 0. The highest BCUT2D eigenvalue weighted by Gasteiger charge is 2.43. The first-order valence-electron chi connectivity index (χ1n) is 14.7. The number of benzene rings is 2. The van der Waals surface area contributed by atoms with E-state index < -0.39 is 5.91 Å². The number of aryl methyl sites for hydroxylation is 3. The van der Waals surface area contributed by atoms with Crippen LogP contribution in [0.25, 0.3) is 33.1 Å². The third-order valence-corrected chi connectivity index (χ3v) is 8.46. The van der Waals surface area contributed by atoms with Crippen LogP contribution in [0.15, 0.2) is 90.2 Å². The summed E-state index contributed by atoms with van der Waals surface area (Å²) in [6.07, 6.45) is 11.8. The summed E-state index contributed by atoms with van der Waals surface area (Å²) in [6, 6.07) is 16.9. The van der Waals surface area contributed by atoms with Crippen LogP contribution in [0.5, 0.6) is 0 Å². The number of para-hydroxylation sites is 1. The summed E-state index contributed by atoms with van der Waals surface area (Å²) >= 11 is 3.63. The Kier molecular flexibility index (Phi) is 7.39. The minimum Gasteiger partial charge on any atom is -0.347 e. The minimum absolute atomic E-state index is 0.271. The van der Waals surface area contributed by atoms with Gasteiger partial charge in [-0.15, -0.1) is 5.10 Å². The van der Waals surface area contributed by atoms with E-state index in [0.29, 0.717) is 46.6 Å². The number of imide groups is 1. The highest BCUT2D eigenvalue weighted by Crippen LogP contribution is 2.42. The molecule has 0 fully saturated rings. The van der Waals surface area contributed by atoms with E-state index >= 15 is 0 Å². The number of amides is 2. The normalized spacial score (nSPS) is 13.7. The molecule has 0 N–H and O–H groups in total. The third-order valence-electron chi connectivity index (χ3n) is 7.97. The van der Waals surface area contributed by atoms with Gasteiger partial charge in [0.15, 0.2) is 5.65 Å². The molecule has 0 unspecified atom stereocenters. The number of imidazole rings is 1. The molecule has 44 heavy (non-hydrogen) atoms. The van der Waals surface area contributed by atoms with E-state index in [1.807, 2.05) is 59.7 Å². The summed E-state index contributed by atoms with van der Waals surface area (Å²) in [5.41, 5.74) is 3.81. The van der Waals surface area contributed by atoms with Gasteiger partial charge in [0, 0.05) is 59.2 Å². The van der Waals surface area contributed by atoms with Gasteiger partial charge in [0.2, 0.25) is 0 Å². The fourth-order valence-corrected chi connectivity index (χ4v) is 6.22. The molecule has 4 aromatic heterocycles. The summed E-state index contributed by atoms with van der Waals surface area (Å²) in [4.78, 5) is 34.3. The second-order valence-corrected chi connectivity index (χ2v) is 11.7. The van der Waals surface area contributed by atoms with Crippen molar-refractivity contribution in [2.24, 2.45) is 0 Å². The molecule has 10 nitrogen and oxygen atoms in total. The van der Waals surface area contributed by atoms with Gasteiger partial charge in [0.1, 0.15) is 5.69 Å². The van der Waals surface area contributed by atoms with Crippen molar-refractivity contribution in [1.82, 2.24) is 34.1 Å². The first kappa shape index (κ1) is 27.9. The number of unbranched alkanes of at least 4 members (excludes halogenated alkanes) is 1. The number of nitrogens with zero attached hydrogens (tertiary/aromatic N) is 8. The Labute approximate surface area is 261 Å². The van der Waals surface area contributed by atoms with Crippen molar-refractivity contribution in [3.8, 4) is 0 Å². The lowest BCUT2D eigenvalue weighted by Gasteiger charge is -2.14. The molecule has 0 atom stereocenters. The average Bonchev–Trinajstić information content (AvgIpc) is 3.81. The Morgan fingerprint density at radius 1 is 0.864 bits per heavy atom. The van der Waals surface area contributed by atoms with E-state index in [2.05, 4.69) is 48.7 Å². The van der Waals surface area contributed by atoms with Crippen LogP contribution < -0.4 is 4.90 Å². The Balaban J connectivity index is 1.43. The molecule has 7 rings (SSSR count). The molecule has 2 amide bonds. The van der Waals surface area contributed by atoms with E-state index in [1.165, 1.54) is 4.90 Å². The Morgan fingerprint density at radius 2 is 1.70 bits per heavy atom. The Bertz CT molecular complexity index is 2040. The lowest BCUT2D eigenvalue weighted by Crippen LogP contribution is -2.31. The van der Waals surface area contributed by atoms with Crippen LogP contribution in [-0.2, 0) is 29.2 Å². The Morgan fingerprint density at radius 3 is 2.50 bits per heavy atom. The van der Waals surface area contributed by atoms with E-state index in [9.17, 15) is 9.59 Å². The molecular weight excluding hydrogens is 620 g/mol. The zero-order valence-corrected chi connectivity index (χ0v) is 25.7. The number of carbonyl (C=O) groups excluding carboxylic acids is 2. The van der Waals surface area contributed by atoms with Crippen molar-refractivity contribution in [3.05, 3.63) is 101 Å². The van der Waals surface area contributed by atoms with Gasteiger partial charge < -0.3 is 9.13 Å². The van der Waals surface area contributed by atoms with Crippen molar-refractivity contribution in [2.75, 3.05) is 4.90 Å². The molecule has 0 radical (unpaired) electrons. The number of hydrogen-bond acceptors (Lipinski definition) is 6. The van der Waals surface area contributed by atoms with Crippen molar-refractivity contribution in [2.45, 2.75) is 45.8 Å². The minimum atomic E-state index is -0.409. The summed E-state index contributed by atoms with van der Waals surface area (Å²) < 4.78 is 6.93. The first-order valence-corrected chi connectivity index (χ1v) is 15.5. The highest BCUT2D eigenvalue weighted by atomic mass is 79.9. The largest absolute Gasteiger partial charge is 0.347 e. The zero-order chi connectivity index (χ0) is 30.2. The molecule has 0 saturated carbocycles. The SMILES string of the molecule is CCCCn1nc(C2=C(c3cn(CCCn4ccnc4)c4cc(Br)ccc34)C(=O)N(c3ccccc3)C2=O)c2ccnnc21. The summed E-state index contributed by atoms with van der Waals surface area (Å²) in [5, 5.41) is 14.9. The molecule has 2 aromatic carbocycles. The lowest BCUT2D eigenvalue weighted by atomic mass is 9.98. The number of rotatable bonds is 10. The van der Waals surface area contributed by atoms with Gasteiger partial charge in [-0.1, -0.05) is 53.5 Å². The maximum absolute atomic E-state index is 14.5. The second-order valence-electron chi connectivity index (χ2n) is 10.8. The molecule has 5 heterocycles. The molecule has 220 valence electrons. The number of anilines is 1. The maximum Gasteiger partial charge on any atom is 0.268 e. The van der Waals surface area contributed by atoms with Crippen molar-refractivity contribution >= 4 is 66.5 Å². The third kappa shape index (κ3) is 4.83. The molecular formula is C33H29BrN8O2. The van der Waals surface area contributed by atoms with Crippen LogP contribution in [-0.4, -0.2) is 45.9 Å². The fourth-order valence-electron chi connectivity index (χ4n) is 5.87. The van der Waals surface area contributed by atoms with Crippen LogP contribution in [0.4, 0.5) is 5.69 Å². The van der Waals surface area contributed by atoms with Crippen molar-refractivity contribution in [1.29, 1.82) is 0 Å². The van der Waals surface area contributed by atoms with Gasteiger partial charge in [-0.3, -0.25) is 9.59 Å². The van der Waals surface area contributed by atoms with Gasteiger partial charge >= 0.3 is 0 Å². The number of halogens is 1. The molecule has 11 heteroatoms. The molecule has 1 aliphatic rings.